The summed E-state index contributed by atoms with van der Waals surface area (Å²) in [7, 11) is 1.86. The third-order valence-corrected chi connectivity index (χ3v) is 6.46. The van der Waals surface area contributed by atoms with E-state index >= 15 is 0 Å². The van der Waals surface area contributed by atoms with Crippen LogP contribution in [0, 0.1) is 0 Å². The van der Waals surface area contributed by atoms with Gasteiger partial charge in [-0.15, -0.1) is 24.0 Å². The monoisotopic (exact) mass is 530 g/mol. The van der Waals surface area contributed by atoms with E-state index in [-0.39, 0.29) is 29.4 Å². The van der Waals surface area contributed by atoms with E-state index < -0.39 is 0 Å². The van der Waals surface area contributed by atoms with Gasteiger partial charge in [-0.1, -0.05) is 19.1 Å². The third-order valence-electron chi connectivity index (χ3n) is 6.46. The lowest BCUT2D eigenvalue weighted by Gasteiger charge is -2.38. The second kappa shape index (κ2) is 12.7. The van der Waals surface area contributed by atoms with E-state index in [1.807, 2.05) is 14.0 Å². The maximum absolute atomic E-state index is 5.68. The van der Waals surface area contributed by atoms with E-state index in [9.17, 15) is 0 Å². The van der Waals surface area contributed by atoms with Crippen molar-refractivity contribution in [2.45, 2.75) is 51.0 Å². The van der Waals surface area contributed by atoms with Gasteiger partial charge in [0.25, 0.3) is 0 Å². The van der Waals surface area contributed by atoms with Crippen molar-refractivity contribution in [3.8, 4) is 5.75 Å². The predicted octanol–water partition coefficient (Wildman–Crippen LogP) is 3.40. The minimum absolute atomic E-state index is 0. The Kier molecular flexibility index (Phi) is 10.7. The molecule has 2 fully saturated rings. The zero-order chi connectivity index (χ0) is 20.5. The summed E-state index contributed by atoms with van der Waals surface area (Å²) in [4.78, 5) is 7.03. The summed E-state index contributed by atoms with van der Waals surface area (Å²) in [6.45, 7) is 10.7. The molecule has 1 aromatic carbocycles. The maximum Gasteiger partial charge on any atom is 0.191 e. The van der Waals surface area contributed by atoms with Gasteiger partial charge in [-0.2, -0.15) is 0 Å². The molecule has 1 unspecified atom stereocenters. The van der Waals surface area contributed by atoms with Crippen LogP contribution in [0.3, 0.4) is 0 Å². The molecule has 0 aliphatic carbocycles. The Hall–Kier alpha value is -1.06. The van der Waals surface area contributed by atoms with Crippen LogP contribution in [0.15, 0.2) is 29.3 Å². The van der Waals surface area contributed by atoms with Gasteiger partial charge in [0.15, 0.2) is 5.96 Å². The summed E-state index contributed by atoms with van der Waals surface area (Å²) < 4.78 is 11.3. The first-order valence-electron chi connectivity index (χ1n) is 11.2. The molecule has 3 rings (SSSR count). The highest BCUT2D eigenvalue weighted by Crippen LogP contribution is 2.35. The van der Waals surface area contributed by atoms with Crippen LogP contribution in [-0.2, 0) is 10.2 Å². The van der Waals surface area contributed by atoms with E-state index in [2.05, 4.69) is 51.7 Å². The zero-order valence-corrected chi connectivity index (χ0v) is 21.1. The molecule has 2 aliphatic heterocycles. The number of likely N-dealkylation sites (tertiary alicyclic amines) is 1. The Labute approximate surface area is 199 Å². The number of rotatable bonds is 8. The molecule has 2 saturated heterocycles. The SMILES string of the molecule is CCOc1ccc(C2(CNC(=NC)NCC3CCCN3CC)CCOCC2)cc1.I. The van der Waals surface area contributed by atoms with Crippen LogP contribution >= 0.6 is 24.0 Å². The molecule has 1 aromatic rings. The highest BCUT2D eigenvalue weighted by Gasteiger charge is 2.34. The number of hydrogen-bond acceptors (Lipinski definition) is 4. The van der Waals surface area contributed by atoms with E-state index in [4.69, 9.17) is 9.47 Å². The van der Waals surface area contributed by atoms with Crippen molar-refractivity contribution < 1.29 is 9.47 Å². The standard InChI is InChI=1S/C23H38N4O2.HI/c1-4-27-14-6-7-20(27)17-25-22(24-3)26-18-23(12-15-28-16-13-23)19-8-10-21(11-9-19)29-5-2;/h8-11,20H,4-7,12-18H2,1-3H3,(H2,24,25,26);1H. The molecular weight excluding hydrogens is 491 g/mol. The Morgan fingerprint density at radius 3 is 2.57 bits per heavy atom. The largest absolute Gasteiger partial charge is 0.494 e. The Bertz CT molecular complexity index is 647. The first-order chi connectivity index (χ1) is 14.2. The summed E-state index contributed by atoms with van der Waals surface area (Å²) in [5, 5.41) is 7.16. The molecule has 0 spiro atoms. The van der Waals surface area contributed by atoms with Crippen molar-refractivity contribution in [3.63, 3.8) is 0 Å². The summed E-state index contributed by atoms with van der Waals surface area (Å²) >= 11 is 0. The molecule has 0 aromatic heterocycles. The van der Waals surface area contributed by atoms with Gasteiger partial charge in [0.1, 0.15) is 5.75 Å². The number of hydrogen-bond donors (Lipinski definition) is 2. The van der Waals surface area contributed by atoms with Gasteiger partial charge >= 0.3 is 0 Å². The third kappa shape index (κ3) is 6.47. The Morgan fingerprint density at radius 2 is 1.93 bits per heavy atom. The van der Waals surface area contributed by atoms with Gasteiger partial charge in [0.05, 0.1) is 6.61 Å². The quantitative estimate of drug-likeness (QED) is 0.307. The molecule has 0 amide bonds. The molecule has 30 heavy (non-hydrogen) atoms. The lowest BCUT2D eigenvalue weighted by Crippen LogP contribution is -2.50. The normalized spacial score (nSPS) is 21.7. The van der Waals surface area contributed by atoms with Gasteiger partial charge < -0.3 is 20.1 Å². The average Bonchev–Trinajstić information content (AvgIpc) is 3.23. The molecular formula is C23H39IN4O2. The average molecular weight is 530 g/mol. The summed E-state index contributed by atoms with van der Waals surface area (Å²) in [5.41, 5.74) is 1.41. The van der Waals surface area contributed by atoms with Crippen molar-refractivity contribution in [2.75, 3.05) is 53.0 Å². The second-order valence-corrected chi connectivity index (χ2v) is 8.08. The van der Waals surface area contributed by atoms with Crippen LogP contribution in [0.1, 0.15) is 45.1 Å². The highest BCUT2D eigenvalue weighted by atomic mass is 127. The number of aliphatic imine (C=N–C) groups is 1. The topological polar surface area (TPSA) is 58.1 Å². The van der Waals surface area contributed by atoms with E-state index in [0.29, 0.717) is 12.6 Å². The van der Waals surface area contributed by atoms with Gasteiger partial charge in [-0.05, 0) is 63.4 Å². The van der Waals surface area contributed by atoms with Crippen LogP contribution in [0.25, 0.3) is 0 Å². The zero-order valence-electron chi connectivity index (χ0n) is 18.8. The summed E-state index contributed by atoms with van der Waals surface area (Å²) in [6, 6.07) is 9.21. The number of halogens is 1. The molecule has 0 bridgehead atoms. The van der Waals surface area contributed by atoms with E-state index in [0.717, 1.165) is 57.4 Å². The van der Waals surface area contributed by atoms with Crippen LogP contribution in [0.4, 0.5) is 0 Å². The van der Waals surface area contributed by atoms with Gasteiger partial charge in [0, 0.05) is 44.8 Å². The predicted molar refractivity (Wildman–Crippen MR) is 134 cm³/mol. The molecule has 1 atom stereocenters. The van der Waals surface area contributed by atoms with Crippen LogP contribution in [0.5, 0.6) is 5.75 Å². The minimum atomic E-state index is 0. The molecule has 2 heterocycles. The fourth-order valence-electron chi connectivity index (χ4n) is 4.63. The molecule has 0 saturated carbocycles. The molecule has 6 nitrogen and oxygen atoms in total. The number of nitrogens with zero attached hydrogens (tertiary/aromatic N) is 2. The van der Waals surface area contributed by atoms with Gasteiger partial charge in [-0.3, -0.25) is 9.89 Å². The maximum atomic E-state index is 5.68. The number of guanidine groups is 1. The Balaban J connectivity index is 0.00000320. The number of likely N-dealkylation sites (N-methyl/N-ethyl adjacent to an activating group) is 1. The number of benzene rings is 1. The molecule has 170 valence electrons. The second-order valence-electron chi connectivity index (χ2n) is 8.08. The lowest BCUT2D eigenvalue weighted by molar-refractivity contribution is 0.0513. The number of ether oxygens (including phenoxy) is 2. The van der Waals surface area contributed by atoms with Crippen molar-refractivity contribution in [1.82, 2.24) is 15.5 Å². The van der Waals surface area contributed by atoms with Crippen molar-refractivity contribution in [1.29, 1.82) is 0 Å². The molecule has 2 aliphatic rings. The van der Waals surface area contributed by atoms with Gasteiger partial charge in [0.2, 0.25) is 0 Å². The summed E-state index contributed by atoms with van der Waals surface area (Å²) in [6.07, 6.45) is 4.59. The van der Waals surface area contributed by atoms with Crippen LogP contribution in [-0.4, -0.2) is 69.9 Å². The number of nitrogens with one attached hydrogen (secondary N) is 2. The van der Waals surface area contributed by atoms with Crippen molar-refractivity contribution in [3.05, 3.63) is 29.8 Å². The van der Waals surface area contributed by atoms with E-state index in [1.165, 1.54) is 24.9 Å². The molecule has 0 radical (unpaired) electrons. The first kappa shape index (κ1) is 25.2. The van der Waals surface area contributed by atoms with Crippen molar-refractivity contribution >= 4 is 29.9 Å². The Morgan fingerprint density at radius 1 is 1.20 bits per heavy atom. The fourth-order valence-corrected chi connectivity index (χ4v) is 4.63. The van der Waals surface area contributed by atoms with Crippen molar-refractivity contribution in [2.24, 2.45) is 4.99 Å². The minimum Gasteiger partial charge on any atom is -0.494 e. The first-order valence-corrected chi connectivity index (χ1v) is 11.2. The fraction of sp³-hybridized carbons (Fsp3) is 0.696. The highest BCUT2D eigenvalue weighted by molar-refractivity contribution is 14.0. The smallest absolute Gasteiger partial charge is 0.191 e. The molecule has 7 heteroatoms. The van der Waals surface area contributed by atoms with Crippen LogP contribution < -0.4 is 15.4 Å². The summed E-state index contributed by atoms with van der Waals surface area (Å²) in [5.74, 6) is 1.82. The van der Waals surface area contributed by atoms with E-state index in [1.54, 1.807) is 0 Å². The lowest BCUT2D eigenvalue weighted by atomic mass is 9.74. The molecule has 2 N–H and O–H groups in total. The van der Waals surface area contributed by atoms with Gasteiger partial charge in [-0.25, -0.2) is 0 Å². The van der Waals surface area contributed by atoms with Crippen LogP contribution in [0.2, 0.25) is 0 Å².